The van der Waals surface area contributed by atoms with E-state index in [0.29, 0.717) is 6.42 Å². The second-order valence-electron chi connectivity index (χ2n) is 6.16. The van der Waals surface area contributed by atoms with Gasteiger partial charge in [-0.25, -0.2) is 0 Å². The maximum Gasteiger partial charge on any atom is 0.231 e. The smallest absolute Gasteiger partial charge is 0.231 e. The normalized spacial score (nSPS) is 18.9. The molecule has 1 atom stereocenters. The second kappa shape index (κ2) is 6.48. The number of amides is 1. The van der Waals surface area contributed by atoms with Crippen molar-refractivity contribution < 1.29 is 14.3 Å². The van der Waals surface area contributed by atoms with Crippen LogP contribution in [-0.2, 0) is 11.2 Å². The molecule has 0 N–H and O–H groups in total. The minimum Gasteiger partial charge on any atom is -0.454 e. The zero-order valence-electron chi connectivity index (χ0n) is 13.2. The van der Waals surface area contributed by atoms with Gasteiger partial charge in [-0.15, -0.1) is 0 Å². The fourth-order valence-electron chi connectivity index (χ4n) is 3.42. The van der Waals surface area contributed by atoms with Crippen LogP contribution in [0.4, 0.5) is 0 Å². The fourth-order valence-corrected chi connectivity index (χ4v) is 3.69. The zero-order chi connectivity index (χ0) is 16.5. The number of hydrogen-bond acceptors (Lipinski definition) is 3. The maximum atomic E-state index is 12.8. The van der Waals surface area contributed by atoms with Crippen LogP contribution >= 0.6 is 15.9 Å². The molecule has 1 amide bonds. The van der Waals surface area contributed by atoms with Gasteiger partial charge in [0.05, 0.1) is 12.5 Å². The molecule has 0 bridgehead atoms. The molecule has 4 nitrogen and oxygen atoms in total. The number of carbonyl (C=O) groups excluding carboxylic acids is 1. The Balaban J connectivity index is 1.50. The summed E-state index contributed by atoms with van der Waals surface area (Å²) in [5, 5.41) is 0. The molecule has 1 saturated heterocycles. The highest BCUT2D eigenvalue weighted by Crippen LogP contribution is 2.35. The number of halogens is 1. The lowest BCUT2D eigenvalue weighted by atomic mass is 10.0. The number of ether oxygens (including phenoxy) is 2. The molecular weight excluding hydrogens is 370 g/mol. The molecule has 2 aromatic rings. The number of benzene rings is 2. The van der Waals surface area contributed by atoms with Crippen molar-refractivity contribution in [1.29, 1.82) is 0 Å². The lowest BCUT2D eigenvalue weighted by Gasteiger charge is -2.25. The van der Waals surface area contributed by atoms with Crippen LogP contribution in [0.5, 0.6) is 11.5 Å². The lowest BCUT2D eigenvalue weighted by Crippen LogP contribution is -2.31. The molecule has 2 heterocycles. The predicted octanol–water partition coefficient (Wildman–Crippen LogP) is 4.08. The SMILES string of the molecule is O=C(Cc1ccc2c(c1)OCO2)N1CCC[C@@H]1c1ccc(Br)cc1. The van der Waals surface area contributed by atoms with E-state index in [4.69, 9.17) is 9.47 Å². The number of hydrogen-bond donors (Lipinski definition) is 0. The van der Waals surface area contributed by atoms with Gasteiger partial charge in [-0.2, -0.15) is 0 Å². The Hall–Kier alpha value is -2.01. The van der Waals surface area contributed by atoms with E-state index in [1.165, 1.54) is 5.56 Å². The Bertz CT molecular complexity index is 760. The Labute approximate surface area is 149 Å². The van der Waals surface area contributed by atoms with E-state index in [1.807, 2.05) is 35.2 Å². The molecule has 0 unspecified atom stereocenters. The first-order chi connectivity index (χ1) is 11.7. The van der Waals surface area contributed by atoms with Crippen molar-refractivity contribution in [3.63, 3.8) is 0 Å². The number of likely N-dealkylation sites (tertiary alicyclic amines) is 1. The van der Waals surface area contributed by atoms with Crippen molar-refractivity contribution in [2.75, 3.05) is 13.3 Å². The molecule has 2 aliphatic rings. The highest BCUT2D eigenvalue weighted by Gasteiger charge is 2.30. The van der Waals surface area contributed by atoms with Crippen LogP contribution in [0, 0.1) is 0 Å². The van der Waals surface area contributed by atoms with Gasteiger partial charge in [0.15, 0.2) is 11.5 Å². The molecule has 0 radical (unpaired) electrons. The van der Waals surface area contributed by atoms with Crippen molar-refractivity contribution in [3.05, 3.63) is 58.1 Å². The van der Waals surface area contributed by atoms with Crippen LogP contribution in [0.2, 0.25) is 0 Å². The Morgan fingerprint density at radius 1 is 1.12 bits per heavy atom. The molecule has 0 aliphatic carbocycles. The van der Waals surface area contributed by atoms with Gasteiger partial charge >= 0.3 is 0 Å². The summed E-state index contributed by atoms with van der Waals surface area (Å²) in [7, 11) is 0. The molecule has 2 aromatic carbocycles. The molecule has 1 fully saturated rings. The highest BCUT2D eigenvalue weighted by atomic mass is 79.9. The highest BCUT2D eigenvalue weighted by molar-refractivity contribution is 9.10. The second-order valence-corrected chi connectivity index (χ2v) is 7.08. The summed E-state index contributed by atoms with van der Waals surface area (Å²) in [5.74, 6) is 1.64. The monoisotopic (exact) mass is 387 g/mol. The summed E-state index contributed by atoms with van der Waals surface area (Å²) >= 11 is 3.46. The summed E-state index contributed by atoms with van der Waals surface area (Å²) in [4.78, 5) is 14.8. The van der Waals surface area contributed by atoms with Crippen LogP contribution in [0.15, 0.2) is 46.9 Å². The van der Waals surface area contributed by atoms with Gasteiger partial charge in [-0.05, 0) is 48.2 Å². The van der Waals surface area contributed by atoms with E-state index < -0.39 is 0 Å². The van der Waals surface area contributed by atoms with Crippen LogP contribution in [0.1, 0.15) is 30.0 Å². The first-order valence-electron chi connectivity index (χ1n) is 8.14. The first kappa shape index (κ1) is 15.5. The molecule has 2 aliphatic heterocycles. The standard InChI is InChI=1S/C19H18BrNO3/c20-15-6-4-14(5-7-15)16-2-1-9-21(16)19(22)11-13-3-8-17-18(10-13)24-12-23-17/h3-8,10,16H,1-2,9,11-12H2/t16-/m1/s1. The molecule has 124 valence electrons. The van der Waals surface area contributed by atoms with Gasteiger partial charge in [-0.3, -0.25) is 4.79 Å². The van der Waals surface area contributed by atoms with Crippen LogP contribution in [0.3, 0.4) is 0 Å². The third-order valence-electron chi connectivity index (χ3n) is 4.62. The third-order valence-corrected chi connectivity index (χ3v) is 5.15. The summed E-state index contributed by atoms with van der Waals surface area (Å²) in [6.07, 6.45) is 2.46. The summed E-state index contributed by atoms with van der Waals surface area (Å²) < 4.78 is 11.8. The Morgan fingerprint density at radius 3 is 2.75 bits per heavy atom. The third kappa shape index (κ3) is 3.00. The van der Waals surface area contributed by atoms with E-state index in [9.17, 15) is 4.79 Å². The van der Waals surface area contributed by atoms with Crippen LogP contribution in [0.25, 0.3) is 0 Å². The topological polar surface area (TPSA) is 38.8 Å². The predicted molar refractivity (Wildman–Crippen MR) is 94.1 cm³/mol. The largest absolute Gasteiger partial charge is 0.454 e. The van der Waals surface area contributed by atoms with Gasteiger partial charge in [0.25, 0.3) is 0 Å². The summed E-state index contributed by atoms with van der Waals surface area (Å²) in [6, 6.07) is 14.2. The van der Waals surface area contributed by atoms with Gasteiger partial charge in [0.2, 0.25) is 12.7 Å². The van der Waals surface area contributed by atoms with Crippen LogP contribution < -0.4 is 9.47 Å². The quantitative estimate of drug-likeness (QED) is 0.795. The Morgan fingerprint density at radius 2 is 1.92 bits per heavy atom. The van der Waals surface area contributed by atoms with E-state index in [2.05, 4.69) is 28.1 Å². The van der Waals surface area contributed by atoms with E-state index in [1.54, 1.807) is 0 Å². The van der Waals surface area contributed by atoms with E-state index >= 15 is 0 Å². The van der Waals surface area contributed by atoms with Crippen molar-refractivity contribution in [3.8, 4) is 11.5 Å². The van der Waals surface area contributed by atoms with Crippen molar-refractivity contribution in [1.82, 2.24) is 4.90 Å². The molecule has 24 heavy (non-hydrogen) atoms. The average Bonchev–Trinajstić information content (AvgIpc) is 3.24. The van der Waals surface area contributed by atoms with Crippen molar-refractivity contribution in [2.45, 2.75) is 25.3 Å². The first-order valence-corrected chi connectivity index (χ1v) is 8.93. The molecule has 0 spiro atoms. The number of fused-ring (bicyclic) bond motifs is 1. The molecule has 0 aromatic heterocycles. The zero-order valence-corrected chi connectivity index (χ0v) is 14.8. The molecular formula is C19H18BrNO3. The Kier molecular flexibility index (Phi) is 4.19. The number of nitrogens with zero attached hydrogens (tertiary/aromatic N) is 1. The fraction of sp³-hybridized carbons (Fsp3) is 0.316. The van der Waals surface area contributed by atoms with Gasteiger partial charge in [0, 0.05) is 11.0 Å². The van der Waals surface area contributed by atoms with Crippen molar-refractivity contribution >= 4 is 21.8 Å². The van der Waals surface area contributed by atoms with Gasteiger partial charge in [-0.1, -0.05) is 34.1 Å². The minimum absolute atomic E-state index is 0.166. The van der Waals surface area contributed by atoms with Crippen LogP contribution in [-0.4, -0.2) is 24.1 Å². The van der Waals surface area contributed by atoms with Gasteiger partial charge < -0.3 is 14.4 Å². The molecule has 5 heteroatoms. The van der Waals surface area contributed by atoms with Crippen molar-refractivity contribution in [2.24, 2.45) is 0 Å². The number of rotatable bonds is 3. The summed E-state index contributed by atoms with van der Waals surface area (Å²) in [5.41, 5.74) is 2.17. The van der Waals surface area contributed by atoms with Gasteiger partial charge in [0.1, 0.15) is 0 Å². The minimum atomic E-state index is 0.166. The lowest BCUT2D eigenvalue weighted by molar-refractivity contribution is -0.131. The average molecular weight is 388 g/mol. The molecule has 0 saturated carbocycles. The molecule has 4 rings (SSSR count). The van der Waals surface area contributed by atoms with E-state index in [0.717, 1.165) is 40.9 Å². The number of carbonyl (C=O) groups is 1. The van der Waals surface area contributed by atoms with E-state index in [-0.39, 0.29) is 18.7 Å². The summed E-state index contributed by atoms with van der Waals surface area (Å²) in [6.45, 7) is 1.08. The maximum absolute atomic E-state index is 12.8.